The van der Waals surface area contributed by atoms with Gasteiger partial charge in [0.25, 0.3) is 0 Å². The first-order valence-electron chi connectivity index (χ1n) is 11.0. The fraction of sp³-hybridized carbons (Fsp3) is 0.267. The Labute approximate surface area is 184 Å². The lowest BCUT2D eigenvalue weighted by Gasteiger charge is -2.10. The van der Waals surface area contributed by atoms with Crippen LogP contribution >= 0.6 is 0 Å². The standard InChI is InChI=1S/C26H26.C4H10/c1-18-7-6-8-23(16-18)26-14-10-20(3)17-24(26)12-11-21(4)25-13-9-19(2)15-22(25)5;1-3-4-2/h6-17H,4H2,1-3,5H3;3-4H2,1-2H3/b12-11+;. The van der Waals surface area contributed by atoms with Crippen molar-refractivity contribution in [1.29, 1.82) is 0 Å². The monoisotopic (exact) mass is 396 g/mol. The summed E-state index contributed by atoms with van der Waals surface area (Å²) in [5, 5.41) is 0. The van der Waals surface area contributed by atoms with Crippen molar-refractivity contribution in [2.75, 3.05) is 0 Å². The summed E-state index contributed by atoms with van der Waals surface area (Å²) in [6.07, 6.45) is 6.96. The van der Waals surface area contributed by atoms with Gasteiger partial charge < -0.3 is 0 Å². The molecule has 0 fully saturated rings. The Kier molecular flexibility index (Phi) is 8.87. The second-order valence-electron chi connectivity index (χ2n) is 8.14. The van der Waals surface area contributed by atoms with Gasteiger partial charge in [0, 0.05) is 0 Å². The molecule has 0 unspecified atom stereocenters. The average Bonchev–Trinajstić information content (AvgIpc) is 2.72. The number of rotatable bonds is 5. The second-order valence-corrected chi connectivity index (χ2v) is 8.14. The molecule has 0 nitrogen and oxygen atoms in total. The van der Waals surface area contributed by atoms with Gasteiger partial charge in [0.1, 0.15) is 0 Å². The molecule has 0 aromatic heterocycles. The first-order chi connectivity index (χ1) is 14.3. The van der Waals surface area contributed by atoms with E-state index in [9.17, 15) is 0 Å². The molecule has 3 rings (SSSR count). The van der Waals surface area contributed by atoms with Crippen molar-refractivity contribution in [3.63, 3.8) is 0 Å². The highest BCUT2D eigenvalue weighted by Gasteiger charge is 2.05. The van der Waals surface area contributed by atoms with E-state index in [1.165, 1.54) is 57.3 Å². The van der Waals surface area contributed by atoms with E-state index in [1.54, 1.807) is 0 Å². The molecule has 0 spiro atoms. The zero-order valence-corrected chi connectivity index (χ0v) is 19.5. The maximum atomic E-state index is 4.28. The van der Waals surface area contributed by atoms with Crippen molar-refractivity contribution in [3.8, 4) is 11.1 Å². The van der Waals surface area contributed by atoms with E-state index in [0.717, 1.165) is 5.57 Å². The highest BCUT2D eigenvalue weighted by Crippen LogP contribution is 2.28. The van der Waals surface area contributed by atoms with Crippen molar-refractivity contribution >= 4 is 11.6 Å². The van der Waals surface area contributed by atoms with E-state index in [4.69, 9.17) is 0 Å². The van der Waals surface area contributed by atoms with Crippen LogP contribution in [0.3, 0.4) is 0 Å². The highest BCUT2D eigenvalue weighted by atomic mass is 14.1. The van der Waals surface area contributed by atoms with Crippen molar-refractivity contribution < 1.29 is 0 Å². The highest BCUT2D eigenvalue weighted by molar-refractivity contribution is 5.83. The van der Waals surface area contributed by atoms with Gasteiger partial charge >= 0.3 is 0 Å². The number of aryl methyl sites for hydroxylation is 4. The summed E-state index contributed by atoms with van der Waals surface area (Å²) >= 11 is 0. The van der Waals surface area contributed by atoms with Crippen LogP contribution in [0.5, 0.6) is 0 Å². The van der Waals surface area contributed by atoms with E-state index >= 15 is 0 Å². The molecule has 0 saturated carbocycles. The Balaban J connectivity index is 0.000000735. The van der Waals surface area contributed by atoms with Crippen LogP contribution in [0, 0.1) is 27.7 Å². The maximum absolute atomic E-state index is 4.28. The van der Waals surface area contributed by atoms with Crippen LogP contribution in [0.25, 0.3) is 22.8 Å². The van der Waals surface area contributed by atoms with Crippen molar-refractivity contribution in [2.45, 2.75) is 54.4 Å². The summed E-state index contributed by atoms with van der Waals surface area (Å²) < 4.78 is 0. The number of unbranched alkanes of at least 4 members (excludes halogenated alkanes) is 1. The van der Waals surface area contributed by atoms with Crippen molar-refractivity contribution in [3.05, 3.63) is 107 Å². The van der Waals surface area contributed by atoms with Gasteiger partial charge in [0.15, 0.2) is 0 Å². The average molecular weight is 397 g/mol. The third-order valence-corrected chi connectivity index (χ3v) is 5.23. The predicted octanol–water partition coefficient (Wildman–Crippen LogP) is 9.12. The van der Waals surface area contributed by atoms with Crippen LogP contribution in [0.15, 0.2) is 73.3 Å². The van der Waals surface area contributed by atoms with Crippen LogP contribution in [0.2, 0.25) is 0 Å². The minimum Gasteiger partial charge on any atom is -0.0911 e. The molecule has 0 bridgehead atoms. The summed E-state index contributed by atoms with van der Waals surface area (Å²) in [6, 6.07) is 21.8. The molecule has 3 aromatic rings. The van der Waals surface area contributed by atoms with Gasteiger partial charge in [0.2, 0.25) is 0 Å². The van der Waals surface area contributed by atoms with Gasteiger partial charge in [-0.2, -0.15) is 0 Å². The Morgan fingerprint density at radius 3 is 2.03 bits per heavy atom. The van der Waals surface area contributed by atoms with Crippen LogP contribution in [0.1, 0.15) is 60.1 Å². The van der Waals surface area contributed by atoms with Crippen LogP contribution in [0.4, 0.5) is 0 Å². The van der Waals surface area contributed by atoms with Crippen LogP contribution in [-0.4, -0.2) is 0 Å². The Morgan fingerprint density at radius 1 is 0.767 bits per heavy atom. The SMILES string of the molecule is C=C(/C=C/c1cc(C)ccc1-c1cccc(C)c1)c1ccc(C)cc1C.CCCC. The molecular formula is C30H36. The quantitative estimate of drug-likeness (QED) is 0.377. The molecule has 0 aliphatic heterocycles. The molecule has 0 aliphatic carbocycles. The van der Waals surface area contributed by atoms with Gasteiger partial charge in [-0.25, -0.2) is 0 Å². The number of hydrogen-bond acceptors (Lipinski definition) is 0. The smallest absolute Gasteiger partial charge is 0.0111 e. The van der Waals surface area contributed by atoms with Gasteiger partial charge in [-0.05, 0) is 61.1 Å². The molecule has 0 saturated heterocycles. The van der Waals surface area contributed by atoms with E-state index in [-0.39, 0.29) is 0 Å². The van der Waals surface area contributed by atoms with E-state index in [2.05, 4.69) is 121 Å². The lowest BCUT2D eigenvalue weighted by molar-refractivity contribution is 0.886. The number of benzene rings is 3. The summed E-state index contributed by atoms with van der Waals surface area (Å²) in [7, 11) is 0. The molecular weight excluding hydrogens is 360 g/mol. The molecule has 0 N–H and O–H groups in total. The van der Waals surface area contributed by atoms with Gasteiger partial charge in [-0.1, -0.05) is 123 Å². The van der Waals surface area contributed by atoms with Gasteiger partial charge in [0.05, 0.1) is 0 Å². The Morgan fingerprint density at radius 2 is 1.40 bits per heavy atom. The van der Waals surface area contributed by atoms with Crippen molar-refractivity contribution in [2.24, 2.45) is 0 Å². The van der Waals surface area contributed by atoms with Gasteiger partial charge in [-0.3, -0.25) is 0 Å². The zero-order chi connectivity index (χ0) is 22.1. The van der Waals surface area contributed by atoms with Gasteiger partial charge in [-0.15, -0.1) is 0 Å². The normalized spacial score (nSPS) is 10.6. The number of allylic oxidation sites excluding steroid dienone is 2. The molecule has 0 aliphatic rings. The van der Waals surface area contributed by atoms with E-state index < -0.39 is 0 Å². The molecule has 0 radical (unpaired) electrons. The first-order valence-corrected chi connectivity index (χ1v) is 11.0. The third-order valence-electron chi connectivity index (χ3n) is 5.23. The predicted molar refractivity (Wildman–Crippen MR) is 136 cm³/mol. The molecule has 30 heavy (non-hydrogen) atoms. The fourth-order valence-electron chi connectivity index (χ4n) is 3.35. The fourth-order valence-corrected chi connectivity index (χ4v) is 3.35. The lowest BCUT2D eigenvalue weighted by Crippen LogP contribution is -1.88. The first kappa shape index (κ1) is 23.4. The van der Waals surface area contributed by atoms with E-state index in [1.807, 2.05) is 0 Å². The second kappa shape index (κ2) is 11.4. The zero-order valence-electron chi connectivity index (χ0n) is 19.5. The lowest BCUT2D eigenvalue weighted by atomic mass is 9.95. The summed E-state index contributed by atoms with van der Waals surface area (Å²) in [5.41, 5.74) is 11.1. The molecule has 0 heterocycles. The Bertz CT molecular complexity index is 1020. The van der Waals surface area contributed by atoms with Crippen LogP contribution < -0.4 is 0 Å². The maximum Gasteiger partial charge on any atom is -0.0111 e. The number of hydrogen-bond donors (Lipinski definition) is 0. The summed E-state index contributed by atoms with van der Waals surface area (Å²) in [6.45, 7) is 17.2. The molecule has 0 amide bonds. The molecule has 3 aromatic carbocycles. The minimum absolute atomic E-state index is 1.04. The van der Waals surface area contributed by atoms with Crippen LogP contribution in [-0.2, 0) is 0 Å². The minimum atomic E-state index is 1.04. The summed E-state index contributed by atoms with van der Waals surface area (Å²) in [5.74, 6) is 0. The molecule has 0 atom stereocenters. The molecule has 156 valence electrons. The molecule has 0 heteroatoms. The largest absolute Gasteiger partial charge is 0.0911 e. The Hall–Kier alpha value is -2.86. The van der Waals surface area contributed by atoms with Crippen molar-refractivity contribution in [1.82, 2.24) is 0 Å². The van der Waals surface area contributed by atoms with E-state index in [0.29, 0.717) is 0 Å². The third kappa shape index (κ3) is 6.59. The topological polar surface area (TPSA) is 0 Å². The summed E-state index contributed by atoms with van der Waals surface area (Å²) in [4.78, 5) is 0.